The molecule has 1 fully saturated rings. The molecule has 1 saturated heterocycles. The fourth-order valence-corrected chi connectivity index (χ4v) is 3.49. The Morgan fingerprint density at radius 1 is 1.04 bits per heavy atom. The van der Waals surface area contributed by atoms with E-state index in [0.717, 1.165) is 32.3 Å². The summed E-state index contributed by atoms with van der Waals surface area (Å²) in [4.78, 5) is 11.9. The van der Waals surface area contributed by atoms with Crippen molar-refractivity contribution in [1.82, 2.24) is 4.72 Å². The molecular formula is C17H25NO4S. The van der Waals surface area contributed by atoms with Crippen LogP contribution in [-0.4, -0.2) is 27.0 Å². The molecule has 1 aliphatic heterocycles. The summed E-state index contributed by atoms with van der Waals surface area (Å²) in [6, 6.07) is 7.95. The number of unbranched alkanes of at least 4 members (excludes halogenated alkanes) is 5. The van der Waals surface area contributed by atoms with Gasteiger partial charge in [0.05, 0.1) is 17.6 Å². The zero-order valence-corrected chi connectivity index (χ0v) is 14.2. The van der Waals surface area contributed by atoms with Gasteiger partial charge in [-0.15, -0.1) is 0 Å². The Morgan fingerprint density at radius 3 is 2.30 bits per heavy atom. The van der Waals surface area contributed by atoms with Crippen molar-refractivity contribution in [2.45, 2.75) is 62.4 Å². The zero-order valence-electron chi connectivity index (χ0n) is 13.4. The van der Waals surface area contributed by atoms with E-state index in [1.807, 2.05) is 0 Å². The van der Waals surface area contributed by atoms with Crippen LogP contribution < -0.4 is 4.72 Å². The number of carbonyl (C=O) groups excluding carboxylic acids is 1. The number of hydrogen-bond donors (Lipinski definition) is 1. The van der Waals surface area contributed by atoms with Gasteiger partial charge in [-0.1, -0.05) is 50.3 Å². The summed E-state index contributed by atoms with van der Waals surface area (Å²) in [5.74, 6) is -0.431. The molecule has 6 heteroatoms. The van der Waals surface area contributed by atoms with Gasteiger partial charge in [-0.2, -0.15) is 0 Å². The van der Waals surface area contributed by atoms with Crippen LogP contribution in [0.25, 0.3) is 0 Å². The summed E-state index contributed by atoms with van der Waals surface area (Å²) in [6.07, 6.45) is 8.28. The Kier molecular flexibility index (Phi) is 7.05. The van der Waals surface area contributed by atoms with E-state index in [1.54, 1.807) is 18.2 Å². The summed E-state index contributed by atoms with van der Waals surface area (Å²) in [6.45, 7) is 0.932. The van der Waals surface area contributed by atoms with Crippen LogP contribution >= 0.6 is 0 Å². The van der Waals surface area contributed by atoms with E-state index in [1.165, 1.54) is 31.4 Å². The van der Waals surface area contributed by atoms with Crippen molar-refractivity contribution in [3.63, 3.8) is 0 Å². The van der Waals surface area contributed by atoms with Gasteiger partial charge in [0.1, 0.15) is 0 Å². The summed E-state index contributed by atoms with van der Waals surface area (Å²) < 4.78 is 31.2. The van der Waals surface area contributed by atoms with Crippen molar-refractivity contribution >= 4 is 15.9 Å². The van der Waals surface area contributed by atoms with Gasteiger partial charge in [-0.25, -0.2) is 13.1 Å². The molecule has 1 unspecified atom stereocenters. The van der Waals surface area contributed by atoms with Crippen LogP contribution in [0, 0.1) is 0 Å². The van der Waals surface area contributed by atoms with Gasteiger partial charge in [0.25, 0.3) is 10.0 Å². The molecule has 0 radical (unpaired) electrons. The molecular weight excluding hydrogens is 314 g/mol. The van der Waals surface area contributed by atoms with Crippen LogP contribution in [0.4, 0.5) is 0 Å². The average molecular weight is 339 g/mol. The molecule has 1 aromatic carbocycles. The summed E-state index contributed by atoms with van der Waals surface area (Å²) >= 11 is 0. The Balaban J connectivity index is 1.54. The van der Waals surface area contributed by atoms with Crippen LogP contribution in [0.1, 0.15) is 51.4 Å². The summed E-state index contributed by atoms with van der Waals surface area (Å²) in [5, 5.41) is 0. The number of amides is 1. The van der Waals surface area contributed by atoms with Crippen LogP contribution in [-0.2, 0) is 19.6 Å². The van der Waals surface area contributed by atoms with Crippen LogP contribution in [0.5, 0.6) is 0 Å². The number of hydrogen-bond acceptors (Lipinski definition) is 4. The summed E-state index contributed by atoms with van der Waals surface area (Å²) in [7, 11) is -3.73. The standard InChI is InChI=1S/C17H25NO4S/c19-17(18-23(20,21)16-11-7-5-8-12-16)13-9-4-2-1-3-6-10-15-14-22-15/h5,7-8,11-12,15H,1-4,6,9-10,13-14H2,(H,18,19). The molecule has 2 rings (SSSR count). The van der Waals surface area contributed by atoms with E-state index >= 15 is 0 Å². The minimum Gasteiger partial charge on any atom is -0.373 e. The molecule has 0 aliphatic carbocycles. The van der Waals surface area contributed by atoms with Gasteiger partial charge in [-0.3, -0.25) is 4.79 Å². The number of rotatable bonds is 11. The highest BCUT2D eigenvalue weighted by Gasteiger charge is 2.20. The van der Waals surface area contributed by atoms with Gasteiger partial charge in [0.15, 0.2) is 0 Å². The predicted molar refractivity (Wildman–Crippen MR) is 88.4 cm³/mol. The first-order chi connectivity index (χ1) is 11.1. The molecule has 5 nitrogen and oxygen atoms in total. The molecule has 1 N–H and O–H groups in total. The molecule has 0 aromatic heterocycles. The molecule has 0 bridgehead atoms. The molecule has 1 atom stereocenters. The van der Waals surface area contributed by atoms with Crippen molar-refractivity contribution in [1.29, 1.82) is 0 Å². The maximum absolute atomic E-state index is 12.0. The number of sulfonamides is 1. The minimum absolute atomic E-state index is 0.119. The Hall–Kier alpha value is -1.40. The number of benzene rings is 1. The SMILES string of the molecule is O=C(CCCCCCCCC1CO1)NS(=O)(=O)c1ccccc1. The fourth-order valence-electron chi connectivity index (χ4n) is 2.46. The van der Waals surface area contributed by atoms with Gasteiger partial charge in [0.2, 0.25) is 5.91 Å². The quantitative estimate of drug-likeness (QED) is 0.497. The molecule has 0 spiro atoms. The van der Waals surface area contributed by atoms with E-state index < -0.39 is 15.9 Å². The molecule has 1 amide bonds. The fraction of sp³-hybridized carbons (Fsp3) is 0.588. The molecule has 1 aliphatic rings. The second-order valence-electron chi connectivity index (χ2n) is 5.96. The Morgan fingerprint density at radius 2 is 1.65 bits per heavy atom. The van der Waals surface area contributed by atoms with Gasteiger partial charge in [0, 0.05) is 6.42 Å². The predicted octanol–water partition coefficient (Wildman–Crippen LogP) is 3.01. The van der Waals surface area contributed by atoms with E-state index in [9.17, 15) is 13.2 Å². The van der Waals surface area contributed by atoms with Gasteiger partial charge >= 0.3 is 0 Å². The van der Waals surface area contributed by atoms with Crippen LogP contribution in [0.2, 0.25) is 0 Å². The lowest BCUT2D eigenvalue weighted by atomic mass is 10.1. The van der Waals surface area contributed by atoms with Crippen LogP contribution in [0.3, 0.4) is 0 Å². The highest BCUT2D eigenvalue weighted by Crippen LogP contribution is 2.18. The second kappa shape index (κ2) is 9.03. The maximum atomic E-state index is 12.0. The van der Waals surface area contributed by atoms with Crippen molar-refractivity contribution < 1.29 is 17.9 Å². The van der Waals surface area contributed by atoms with Crippen molar-refractivity contribution in [3.05, 3.63) is 30.3 Å². The monoisotopic (exact) mass is 339 g/mol. The van der Waals surface area contributed by atoms with Crippen molar-refractivity contribution in [2.24, 2.45) is 0 Å². The molecule has 0 saturated carbocycles. The third kappa shape index (κ3) is 7.14. The highest BCUT2D eigenvalue weighted by molar-refractivity contribution is 7.90. The Bertz CT molecular complexity index is 582. The normalized spacial score (nSPS) is 17.0. The molecule has 23 heavy (non-hydrogen) atoms. The molecule has 1 heterocycles. The Labute approximate surface area is 138 Å². The van der Waals surface area contributed by atoms with E-state index in [2.05, 4.69) is 4.72 Å². The van der Waals surface area contributed by atoms with Gasteiger partial charge in [-0.05, 0) is 25.0 Å². The first kappa shape index (κ1) is 17.9. The second-order valence-corrected chi connectivity index (χ2v) is 7.64. The lowest BCUT2D eigenvalue weighted by molar-refractivity contribution is -0.119. The number of carbonyl (C=O) groups is 1. The third-order valence-electron chi connectivity index (χ3n) is 3.88. The van der Waals surface area contributed by atoms with Crippen molar-refractivity contribution in [2.75, 3.05) is 6.61 Å². The minimum atomic E-state index is -3.73. The lowest BCUT2D eigenvalue weighted by Crippen LogP contribution is -2.30. The smallest absolute Gasteiger partial charge is 0.264 e. The number of epoxide rings is 1. The maximum Gasteiger partial charge on any atom is 0.264 e. The zero-order chi connectivity index (χ0) is 16.5. The average Bonchev–Trinajstić information content (AvgIpc) is 3.34. The van der Waals surface area contributed by atoms with Gasteiger partial charge < -0.3 is 4.74 Å². The lowest BCUT2D eigenvalue weighted by Gasteiger charge is -2.06. The third-order valence-corrected chi connectivity index (χ3v) is 5.27. The van der Waals surface area contributed by atoms with Crippen molar-refractivity contribution in [3.8, 4) is 0 Å². The van der Waals surface area contributed by atoms with E-state index in [-0.39, 0.29) is 11.3 Å². The molecule has 1 aromatic rings. The van der Waals surface area contributed by atoms with Crippen LogP contribution in [0.15, 0.2) is 35.2 Å². The van der Waals surface area contributed by atoms with E-state index in [0.29, 0.717) is 6.10 Å². The highest BCUT2D eigenvalue weighted by atomic mass is 32.2. The topological polar surface area (TPSA) is 75.8 Å². The first-order valence-corrected chi connectivity index (χ1v) is 9.78. The summed E-state index contributed by atoms with van der Waals surface area (Å²) in [5.41, 5.74) is 0. The first-order valence-electron chi connectivity index (χ1n) is 8.30. The molecule has 128 valence electrons. The van der Waals surface area contributed by atoms with E-state index in [4.69, 9.17) is 4.74 Å². The number of ether oxygens (including phenoxy) is 1. The largest absolute Gasteiger partial charge is 0.373 e. The number of nitrogens with one attached hydrogen (secondary N) is 1.